The first-order chi connectivity index (χ1) is 2.56. The largest absolute Gasteiger partial charge is 1.00 e. The summed E-state index contributed by atoms with van der Waals surface area (Å²) in [5.41, 5.74) is 0. The van der Waals surface area contributed by atoms with E-state index in [4.69, 9.17) is 13.0 Å². The summed E-state index contributed by atoms with van der Waals surface area (Å²) in [4.78, 5) is 0. The van der Waals surface area contributed by atoms with E-state index in [-0.39, 0.29) is 18.9 Å². The van der Waals surface area contributed by atoms with Crippen LogP contribution in [0.3, 0.4) is 0 Å². The molecule has 0 radical (unpaired) electrons. The molecule has 0 aromatic carbocycles. The Balaban J connectivity index is 0. The molecule has 0 atom stereocenters. The Morgan fingerprint density at radius 1 is 1.57 bits per heavy atom. The Bertz CT molecular complexity index is 117. The van der Waals surface area contributed by atoms with Crippen LogP contribution in [-0.4, -0.2) is 13.0 Å². The van der Waals surface area contributed by atoms with Gasteiger partial charge in [0.25, 0.3) is 0 Å². The quantitative estimate of drug-likeness (QED) is 0.227. The zero-order chi connectivity index (χ0) is 5.21. The third-order valence-corrected chi connectivity index (χ3v) is 0.338. The minimum atomic E-state index is -4.45. The van der Waals surface area contributed by atoms with Crippen LogP contribution in [0.4, 0.5) is 4.39 Å². The van der Waals surface area contributed by atoms with Crippen LogP contribution in [0.25, 0.3) is 0 Å². The van der Waals surface area contributed by atoms with E-state index in [1.54, 1.807) is 0 Å². The van der Waals surface area contributed by atoms with Gasteiger partial charge >= 0.3 is 18.9 Å². The van der Waals surface area contributed by atoms with Crippen LogP contribution in [0.2, 0.25) is 0 Å². The van der Waals surface area contributed by atoms with Gasteiger partial charge in [-0.3, -0.25) is 0 Å². The molecule has 38 valence electrons. The number of halogens is 1. The van der Waals surface area contributed by atoms with Crippen molar-refractivity contribution in [2.24, 2.45) is 0 Å². The van der Waals surface area contributed by atoms with Gasteiger partial charge in [0.05, 0.1) is 0 Å². The van der Waals surface area contributed by atoms with Crippen LogP contribution >= 0.6 is 0 Å². The standard InChI is InChI=1S/CH2FO3S.Li/c2-1-6(3,4)5;/h1H,(H,3,4,5);/q-1;+1. The van der Waals surface area contributed by atoms with E-state index < -0.39 is 16.1 Å². The fourth-order valence-corrected chi connectivity index (χ4v) is 0. The van der Waals surface area contributed by atoms with E-state index >= 15 is 0 Å². The second-order valence-electron chi connectivity index (χ2n) is 0.604. The average Bonchev–Trinajstić information content (AvgIpc) is 1.35. The first-order valence-electron chi connectivity index (χ1n) is 0.970. The summed E-state index contributed by atoms with van der Waals surface area (Å²) < 4.78 is 36.2. The molecule has 0 rings (SSSR count). The zero-order valence-corrected chi connectivity index (χ0v) is 4.44. The molecule has 0 saturated heterocycles. The molecule has 7 heavy (non-hydrogen) atoms. The van der Waals surface area contributed by atoms with E-state index in [1.807, 2.05) is 0 Å². The van der Waals surface area contributed by atoms with Crippen molar-refractivity contribution in [3.8, 4) is 0 Å². The van der Waals surface area contributed by atoms with Crippen LogP contribution in [0, 0.1) is 6.01 Å². The first-order valence-corrected chi connectivity index (χ1v) is 2.47. The molecule has 0 unspecified atom stereocenters. The monoisotopic (exact) mass is 120 g/mol. The molecule has 0 aliphatic rings. The van der Waals surface area contributed by atoms with Crippen molar-refractivity contribution in [3.05, 3.63) is 6.01 Å². The molecule has 0 aromatic heterocycles. The topological polar surface area (TPSA) is 54.4 Å². The summed E-state index contributed by atoms with van der Waals surface area (Å²) in [5.74, 6) is 0. The van der Waals surface area contributed by atoms with E-state index in [0.717, 1.165) is 0 Å². The molecule has 0 heterocycles. The molecular formula is CH2FLiO3S. The maximum absolute atomic E-state index is 10.5. The van der Waals surface area contributed by atoms with E-state index in [9.17, 15) is 4.39 Å². The van der Waals surface area contributed by atoms with Gasteiger partial charge in [0.2, 0.25) is 0 Å². The molecule has 3 nitrogen and oxygen atoms in total. The number of rotatable bonds is 1. The van der Waals surface area contributed by atoms with Gasteiger partial charge in [-0.2, -0.15) is 0 Å². The van der Waals surface area contributed by atoms with Gasteiger partial charge in [-0.25, -0.2) is 8.42 Å². The molecule has 0 amide bonds. The fraction of sp³-hybridized carbons (Fsp3) is 0. The summed E-state index contributed by atoms with van der Waals surface area (Å²) in [5, 5.41) is 0. The molecule has 0 aliphatic heterocycles. The third kappa shape index (κ3) is 10.7. The van der Waals surface area contributed by atoms with Gasteiger partial charge in [0.1, 0.15) is 0 Å². The molecule has 0 aromatic rings. The van der Waals surface area contributed by atoms with Crippen molar-refractivity contribution in [3.63, 3.8) is 0 Å². The zero-order valence-electron chi connectivity index (χ0n) is 3.63. The predicted octanol–water partition coefficient (Wildman–Crippen LogP) is -3.03. The summed E-state index contributed by atoms with van der Waals surface area (Å²) in [6, 6.07) is -0.785. The van der Waals surface area contributed by atoms with Crippen LogP contribution in [0.1, 0.15) is 0 Å². The van der Waals surface area contributed by atoms with Crippen molar-refractivity contribution in [1.82, 2.24) is 0 Å². The van der Waals surface area contributed by atoms with Crippen molar-refractivity contribution in [1.29, 1.82) is 0 Å². The van der Waals surface area contributed by atoms with Crippen molar-refractivity contribution < 1.29 is 36.2 Å². The smallest absolute Gasteiger partial charge is 0.440 e. The normalized spacial score (nSPS) is 10.0. The van der Waals surface area contributed by atoms with Gasteiger partial charge < -0.3 is 8.94 Å². The van der Waals surface area contributed by atoms with Crippen molar-refractivity contribution in [2.75, 3.05) is 0 Å². The van der Waals surface area contributed by atoms with Crippen LogP contribution < -0.4 is 18.9 Å². The Morgan fingerprint density at radius 2 is 1.71 bits per heavy atom. The van der Waals surface area contributed by atoms with E-state index in [0.29, 0.717) is 0 Å². The average molecular weight is 120 g/mol. The molecule has 0 spiro atoms. The second-order valence-corrected chi connectivity index (χ2v) is 1.81. The maximum atomic E-state index is 10.5. The second kappa shape index (κ2) is 3.44. The molecule has 0 saturated carbocycles. The Kier molecular flexibility index (Phi) is 5.12. The Labute approximate surface area is 52.8 Å². The summed E-state index contributed by atoms with van der Waals surface area (Å²) >= 11 is 0. The minimum absolute atomic E-state index is 0. The summed E-state index contributed by atoms with van der Waals surface area (Å²) in [6.45, 7) is 0. The molecule has 0 aliphatic carbocycles. The van der Waals surface area contributed by atoms with Crippen molar-refractivity contribution in [2.45, 2.75) is 0 Å². The fourth-order valence-electron chi connectivity index (χ4n) is 0. The molecule has 6 heteroatoms. The van der Waals surface area contributed by atoms with Crippen LogP contribution in [-0.2, 0) is 10.1 Å². The predicted molar refractivity (Wildman–Crippen MR) is 17.0 cm³/mol. The minimum Gasteiger partial charge on any atom is -0.440 e. The van der Waals surface area contributed by atoms with Gasteiger partial charge in [0.15, 0.2) is 10.1 Å². The van der Waals surface area contributed by atoms with Crippen molar-refractivity contribution >= 4 is 10.1 Å². The Hall–Kier alpha value is 0.437. The van der Waals surface area contributed by atoms with Gasteiger partial charge in [0, 0.05) is 0 Å². The Morgan fingerprint density at radius 3 is 1.71 bits per heavy atom. The maximum Gasteiger partial charge on any atom is 1.00 e. The van der Waals surface area contributed by atoms with Crippen LogP contribution in [0.5, 0.6) is 0 Å². The van der Waals surface area contributed by atoms with E-state index in [2.05, 4.69) is 0 Å². The molecular weight excluding hydrogens is 118 g/mol. The molecule has 0 bridgehead atoms. The number of hydrogen-bond acceptors (Lipinski definition) is 2. The molecule has 1 N–H and O–H groups in total. The van der Waals surface area contributed by atoms with Gasteiger partial charge in [-0.05, 0) is 6.01 Å². The van der Waals surface area contributed by atoms with Gasteiger partial charge in [-0.15, -0.1) is 0 Å². The van der Waals surface area contributed by atoms with Gasteiger partial charge in [-0.1, -0.05) is 0 Å². The van der Waals surface area contributed by atoms with E-state index in [1.165, 1.54) is 0 Å². The van der Waals surface area contributed by atoms with Crippen LogP contribution in [0.15, 0.2) is 0 Å². The number of hydrogen-bond donors (Lipinski definition) is 1. The summed E-state index contributed by atoms with van der Waals surface area (Å²) in [6.07, 6.45) is 0. The first kappa shape index (κ1) is 10.4. The summed E-state index contributed by atoms with van der Waals surface area (Å²) in [7, 11) is -4.45. The SMILES string of the molecule is O=S(=O)(O)[CH-]F.[Li+]. The third-order valence-electron chi connectivity index (χ3n) is 0.113. The molecule has 0 fully saturated rings.